The van der Waals surface area contributed by atoms with Crippen LogP contribution in [0.5, 0.6) is 0 Å². The van der Waals surface area contributed by atoms with Crippen LogP contribution in [0.3, 0.4) is 0 Å². The Morgan fingerprint density at radius 2 is 1.89 bits per heavy atom. The Labute approximate surface area is 159 Å². The van der Waals surface area contributed by atoms with Gasteiger partial charge in [-0.2, -0.15) is 0 Å². The molecule has 2 bridgehead atoms. The second-order valence-electron chi connectivity index (χ2n) is 7.20. The van der Waals surface area contributed by atoms with Gasteiger partial charge < -0.3 is 11.1 Å². The summed E-state index contributed by atoms with van der Waals surface area (Å²) in [5.74, 6) is -1.20. The Morgan fingerprint density at radius 1 is 1.11 bits per heavy atom. The Balaban J connectivity index is 1.83. The number of nitrogens with two attached hydrogens (primary N) is 1. The van der Waals surface area contributed by atoms with Gasteiger partial charge in [0.2, 0.25) is 0 Å². The summed E-state index contributed by atoms with van der Waals surface area (Å²) in [7, 11) is -4.10. The van der Waals surface area contributed by atoms with E-state index in [0.29, 0.717) is 13.0 Å². The van der Waals surface area contributed by atoms with E-state index in [-0.39, 0.29) is 22.3 Å². The highest BCUT2D eigenvalue weighted by molar-refractivity contribution is 7.90. The Kier molecular flexibility index (Phi) is 5.67. The highest BCUT2D eigenvalue weighted by Crippen LogP contribution is 2.42. The summed E-state index contributed by atoms with van der Waals surface area (Å²) < 4.78 is 27.1. The molecule has 1 aromatic rings. The summed E-state index contributed by atoms with van der Waals surface area (Å²) in [5.41, 5.74) is 5.12. The predicted octanol–water partition coefficient (Wildman–Crippen LogP) is 1.46. The van der Waals surface area contributed by atoms with Crippen LogP contribution in [0.25, 0.3) is 0 Å². The van der Waals surface area contributed by atoms with Gasteiger partial charge in [0.05, 0.1) is 4.90 Å². The minimum atomic E-state index is -4.10. The first-order valence-corrected chi connectivity index (χ1v) is 10.7. The molecule has 27 heavy (non-hydrogen) atoms. The van der Waals surface area contributed by atoms with Crippen molar-refractivity contribution < 1.29 is 18.0 Å². The molecule has 1 heterocycles. The third kappa shape index (κ3) is 4.56. The zero-order valence-electron chi connectivity index (χ0n) is 15.1. The number of allylic oxidation sites excluding steroid dienone is 1. The number of carbonyl (C=O) groups is 2. The molecule has 0 radical (unpaired) electrons. The first kappa shape index (κ1) is 19.6. The number of rotatable bonds is 0. The van der Waals surface area contributed by atoms with Gasteiger partial charge in [-0.15, -0.1) is 0 Å². The van der Waals surface area contributed by atoms with Crippen molar-refractivity contribution in [3.63, 3.8) is 0 Å². The molecule has 3 rings (SSSR count). The van der Waals surface area contributed by atoms with Crippen LogP contribution in [0, 0.1) is 5.92 Å². The number of benzene rings is 1. The number of sulfonamides is 1. The summed E-state index contributed by atoms with van der Waals surface area (Å²) in [6.07, 6.45) is 9.21. The van der Waals surface area contributed by atoms with Gasteiger partial charge in [0.1, 0.15) is 5.54 Å². The fourth-order valence-electron chi connectivity index (χ4n) is 3.19. The van der Waals surface area contributed by atoms with Gasteiger partial charge in [-0.3, -0.25) is 9.59 Å². The van der Waals surface area contributed by atoms with E-state index >= 15 is 0 Å². The van der Waals surface area contributed by atoms with Crippen molar-refractivity contribution >= 4 is 21.8 Å². The molecule has 1 aliphatic heterocycles. The molecular weight excluding hydrogens is 366 g/mol. The topological polar surface area (TPSA) is 118 Å². The van der Waals surface area contributed by atoms with Crippen LogP contribution < -0.4 is 15.8 Å². The van der Waals surface area contributed by atoms with Crippen molar-refractivity contribution in [2.75, 3.05) is 6.54 Å². The van der Waals surface area contributed by atoms with Crippen LogP contribution in [-0.2, 0) is 14.8 Å². The summed E-state index contributed by atoms with van der Waals surface area (Å²) in [5, 5.41) is 2.80. The zero-order chi connectivity index (χ0) is 19.5. The Bertz CT molecular complexity index is 865. The van der Waals surface area contributed by atoms with E-state index in [1.807, 2.05) is 12.2 Å². The van der Waals surface area contributed by atoms with Crippen molar-refractivity contribution in [1.82, 2.24) is 10.0 Å². The molecule has 8 heteroatoms. The lowest BCUT2D eigenvalue weighted by molar-refractivity contribution is -0.121. The Morgan fingerprint density at radius 3 is 2.70 bits per heavy atom. The number of fused-ring (bicyclic) bond motifs is 3. The maximum atomic E-state index is 12.5. The lowest BCUT2D eigenvalue weighted by Crippen LogP contribution is -2.46. The van der Waals surface area contributed by atoms with Gasteiger partial charge in [-0.1, -0.05) is 31.1 Å². The monoisotopic (exact) mass is 391 g/mol. The molecule has 1 saturated carbocycles. The van der Waals surface area contributed by atoms with E-state index in [4.69, 9.17) is 5.73 Å². The van der Waals surface area contributed by atoms with Gasteiger partial charge in [0.25, 0.3) is 21.8 Å². The summed E-state index contributed by atoms with van der Waals surface area (Å²) in [6, 6.07) is 5.63. The molecule has 2 atom stereocenters. The van der Waals surface area contributed by atoms with Gasteiger partial charge in [-0.05, 0) is 43.9 Å². The highest BCUT2D eigenvalue weighted by atomic mass is 32.2. The number of amides is 2. The molecule has 1 aliphatic carbocycles. The second kappa shape index (κ2) is 7.82. The number of hydrogen-bond donors (Lipinski definition) is 3. The van der Waals surface area contributed by atoms with Crippen molar-refractivity contribution in [2.24, 2.45) is 11.7 Å². The average molecular weight is 391 g/mol. The van der Waals surface area contributed by atoms with Gasteiger partial charge >= 0.3 is 0 Å². The quantitative estimate of drug-likeness (QED) is 0.579. The van der Waals surface area contributed by atoms with Gasteiger partial charge in [-0.25, -0.2) is 13.1 Å². The first-order valence-electron chi connectivity index (χ1n) is 9.24. The molecule has 0 aromatic heterocycles. The van der Waals surface area contributed by atoms with Crippen LogP contribution in [0.1, 0.15) is 48.9 Å². The van der Waals surface area contributed by atoms with E-state index in [0.717, 1.165) is 32.1 Å². The van der Waals surface area contributed by atoms with E-state index in [2.05, 4.69) is 10.0 Å². The molecule has 4 N–H and O–H groups in total. The Hall–Kier alpha value is -2.19. The fraction of sp³-hybridized carbons (Fsp3) is 0.474. The minimum absolute atomic E-state index is 0.138. The second-order valence-corrected chi connectivity index (χ2v) is 8.88. The molecule has 7 nitrogen and oxygen atoms in total. The largest absolute Gasteiger partial charge is 0.352 e. The normalized spacial score (nSPS) is 30.0. The van der Waals surface area contributed by atoms with Crippen molar-refractivity contribution in [3.05, 3.63) is 42.0 Å². The van der Waals surface area contributed by atoms with Crippen LogP contribution in [0.2, 0.25) is 0 Å². The van der Waals surface area contributed by atoms with Gasteiger partial charge in [0, 0.05) is 18.0 Å². The van der Waals surface area contributed by atoms with Crippen molar-refractivity contribution in [1.29, 1.82) is 0 Å². The van der Waals surface area contributed by atoms with E-state index in [1.54, 1.807) is 6.07 Å². The average Bonchev–Trinajstić information content (AvgIpc) is 3.31. The number of nitrogens with one attached hydrogen (secondary N) is 2. The van der Waals surface area contributed by atoms with Crippen molar-refractivity contribution in [3.8, 4) is 0 Å². The zero-order valence-corrected chi connectivity index (χ0v) is 15.9. The SMILES string of the molecule is N[C@]12C[C@@H]1/C=C\CCCCCCNC(=O)c1cccc(c1)S(=O)(=O)NC2=O. The van der Waals surface area contributed by atoms with E-state index in [9.17, 15) is 18.0 Å². The van der Waals surface area contributed by atoms with E-state index < -0.39 is 21.5 Å². The van der Waals surface area contributed by atoms with E-state index in [1.165, 1.54) is 18.2 Å². The van der Waals surface area contributed by atoms with Crippen LogP contribution in [0.4, 0.5) is 0 Å². The molecule has 1 fully saturated rings. The smallest absolute Gasteiger partial charge is 0.264 e. The molecule has 0 spiro atoms. The molecular formula is C19H25N3O4S. The summed E-state index contributed by atoms with van der Waals surface area (Å²) >= 11 is 0. The van der Waals surface area contributed by atoms with Crippen LogP contribution >= 0.6 is 0 Å². The summed E-state index contributed by atoms with van der Waals surface area (Å²) in [6.45, 7) is 0.542. The molecule has 0 unspecified atom stereocenters. The predicted molar refractivity (Wildman–Crippen MR) is 101 cm³/mol. The number of carbonyl (C=O) groups excluding carboxylic acids is 2. The lowest BCUT2D eigenvalue weighted by Gasteiger charge is -2.13. The molecule has 146 valence electrons. The van der Waals surface area contributed by atoms with Crippen LogP contribution in [0.15, 0.2) is 41.3 Å². The lowest BCUT2D eigenvalue weighted by atomic mass is 10.1. The molecule has 0 saturated heterocycles. The van der Waals surface area contributed by atoms with Gasteiger partial charge in [0.15, 0.2) is 0 Å². The minimum Gasteiger partial charge on any atom is -0.352 e. The third-order valence-corrected chi connectivity index (χ3v) is 6.40. The third-order valence-electron chi connectivity index (χ3n) is 5.07. The van der Waals surface area contributed by atoms with Crippen molar-refractivity contribution in [2.45, 2.75) is 49.0 Å². The molecule has 1 aromatic carbocycles. The summed E-state index contributed by atoms with van der Waals surface area (Å²) in [4.78, 5) is 24.5. The fourth-order valence-corrected chi connectivity index (χ4v) is 4.28. The maximum Gasteiger partial charge on any atom is 0.264 e. The van der Waals surface area contributed by atoms with Crippen LogP contribution in [-0.4, -0.2) is 32.3 Å². The first-order chi connectivity index (χ1) is 12.8. The molecule has 2 aliphatic rings. The highest BCUT2D eigenvalue weighted by Gasteiger charge is 2.56. The molecule has 2 amide bonds. The maximum absolute atomic E-state index is 12.5. The number of hydrogen-bond acceptors (Lipinski definition) is 5. The standard InChI is InChI=1S/C19H25N3O4S/c20-19-13-15(19)9-5-3-1-2-4-6-11-21-17(23)14-8-7-10-16(12-14)27(25,26)22-18(19)24/h5,7-10,12,15H,1-4,6,11,13,20H2,(H,21,23)(H,22,24)/b9-5-/t15-,19+/m0/s1.